The molecule has 1 rings (SSSR count). The molecule has 0 N–H and O–H groups in total. The Morgan fingerprint density at radius 3 is 1.83 bits per heavy atom. The van der Waals surface area contributed by atoms with Crippen molar-refractivity contribution in [1.82, 2.24) is 4.90 Å². The summed E-state index contributed by atoms with van der Waals surface area (Å²) < 4.78 is 0.885. The summed E-state index contributed by atoms with van der Waals surface area (Å²) in [6, 6.07) is 6.85. The Hall–Kier alpha value is -1.16. The van der Waals surface area contributed by atoms with Crippen molar-refractivity contribution >= 4 is 27.6 Å². The van der Waals surface area contributed by atoms with Gasteiger partial charge in [-0.2, -0.15) is 0 Å². The molecule has 0 aliphatic heterocycles. The Morgan fingerprint density at radius 1 is 1.00 bits per heavy atom. The van der Waals surface area contributed by atoms with Gasteiger partial charge in [-0.15, -0.1) is 0 Å². The summed E-state index contributed by atoms with van der Waals surface area (Å²) in [4.78, 5) is 25.9. The van der Waals surface area contributed by atoms with Crippen molar-refractivity contribution in [3.8, 4) is 0 Å². The summed E-state index contributed by atoms with van der Waals surface area (Å²) in [7, 11) is 0. The van der Waals surface area contributed by atoms with E-state index in [1.165, 1.54) is 0 Å². The van der Waals surface area contributed by atoms with E-state index in [0.717, 1.165) is 4.47 Å². The second kappa shape index (κ2) is 6.14. The van der Waals surface area contributed by atoms with E-state index in [2.05, 4.69) is 15.9 Å². The topological polar surface area (TPSA) is 37.4 Å². The molecular formula is C14H18BrNO2. The fourth-order valence-corrected chi connectivity index (χ4v) is 2.17. The number of ketones is 1. The van der Waals surface area contributed by atoms with E-state index < -0.39 is 11.7 Å². The number of hydrogen-bond donors (Lipinski definition) is 0. The molecule has 0 aliphatic carbocycles. The molecule has 18 heavy (non-hydrogen) atoms. The van der Waals surface area contributed by atoms with Crippen LogP contribution < -0.4 is 0 Å². The zero-order valence-corrected chi connectivity index (χ0v) is 12.7. The van der Waals surface area contributed by atoms with Gasteiger partial charge in [0.1, 0.15) is 0 Å². The van der Waals surface area contributed by atoms with Gasteiger partial charge in [0.05, 0.1) is 0 Å². The highest BCUT2D eigenvalue weighted by Crippen LogP contribution is 2.14. The molecule has 0 saturated carbocycles. The highest BCUT2D eigenvalue weighted by Gasteiger charge is 2.27. The number of nitrogens with zero attached hydrogens (tertiary/aromatic N) is 1. The van der Waals surface area contributed by atoms with Crippen molar-refractivity contribution in [1.29, 1.82) is 0 Å². The smallest absolute Gasteiger partial charge is 0.295 e. The average Bonchev–Trinajstić information content (AvgIpc) is 2.28. The normalized spacial score (nSPS) is 10.8. The summed E-state index contributed by atoms with van der Waals surface area (Å²) in [6.07, 6.45) is 0. The minimum absolute atomic E-state index is 0.0110. The Bertz CT molecular complexity index is 430. The first kappa shape index (κ1) is 14.9. The van der Waals surface area contributed by atoms with Crippen molar-refractivity contribution in [2.45, 2.75) is 39.8 Å². The van der Waals surface area contributed by atoms with Crippen LogP contribution in [-0.4, -0.2) is 28.7 Å². The fourth-order valence-electron chi connectivity index (χ4n) is 1.91. The third-order valence-electron chi connectivity index (χ3n) is 2.65. The molecule has 1 amide bonds. The van der Waals surface area contributed by atoms with Gasteiger partial charge in [-0.1, -0.05) is 15.9 Å². The van der Waals surface area contributed by atoms with Crippen LogP contribution >= 0.6 is 15.9 Å². The molecule has 0 bridgehead atoms. The Morgan fingerprint density at radius 2 is 1.44 bits per heavy atom. The van der Waals surface area contributed by atoms with Crippen LogP contribution in [0.3, 0.4) is 0 Å². The number of Topliss-reactive ketones (excluding diaryl/α,β-unsaturated/α-hetero) is 1. The largest absolute Gasteiger partial charge is 0.331 e. The molecule has 3 nitrogen and oxygen atoms in total. The molecule has 0 saturated heterocycles. The van der Waals surface area contributed by atoms with E-state index >= 15 is 0 Å². The molecular weight excluding hydrogens is 294 g/mol. The van der Waals surface area contributed by atoms with Crippen LogP contribution in [0.1, 0.15) is 38.1 Å². The van der Waals surface area contributed by atoms with Gasteiger partial charge < -0.3 is 4.90 Å². The number of carbonyl (C=O) groups excluding carboxylic acids is 2. The lowest BCUT2D eigenvalue weighted by Crippen LogP contribution is -2.45. The SMILES string of the molecule is CC(C)N(C(=O)C(=O)c1ccc(Br)cc1)C(C)C. The Balaban J connectivity index is 2.96. The summed E-state index contributed by atoms with van der Waals surface area (Å²) in [6.45, 7) is 7.64. The number of benzene rings is 1. The maximum absolute atomic E-state index is 12.2. The van der Waals surface area contributed by atoms with Crippen molar-refractivity contribution in [2.24, 2.45) is 0 Å². The third kappa shape index (κ3) is 3.42. The first-order valence-electron chi connectivity index (χ1n) is 5.97. The Labute approximate surface area is 116 Å². The van der Waals surface area contributed by atoms with E-state index in [-0.39, 0.29) is 12.1 Å². The predicted octanol–water partition coefficient (Wildman–Crippen LogP) is 3.28. The minimum Gasteiger partial charge on any atom is -0.331 e. The molecule has 0 spiro atoms. The highest BCUT2D eigenvalue weighted by atomic mass is 79.9. The Kier molecular flexibility index (Phi) is 5.08. The minimum atomic E-state index is -0.454. The lowest BCUT2D eigenvalue weighted by Gasteiger charge is -2.30. The quantitative estimate of drug-likeness (QED) is 0.632. The van der Waals surface area contributed by atoms with E-state index in [1.54, 1.807) is 29.2 Å². The molecule has 0 fully saturated rings. The lowest BCUT2D eigenvalue weighted by molar-refractivity contribution is -0.129. The molecule has 0 radical (unpaired) electrons. The molecule has 1 aromatic carbocycles. The standard InChI is InChI=1S/C14H18BrNO2/c1-9(2)16(10(3)4)14(18)13(17)11-5-7-12(15)8-6-11/h5-10H,1-4H3. The number of rotatable bonds is 4. The average molecular weight is 312 g/mol. The van der Waals surface area contributed by atoms with Gasteiger partial charge in [0.2, 0.25) is 5.78 Å². The number of hydrogen-bond acceptors (Lipinski definition) is 2. The van der Waals surface area contributed by atoms with E-state index in [1.807, 2.05) is 27.7 Å². The van der Waals surface area contributed by atoms with Gasteiger partial charge in [0, 0.05) is 22.1 Å². The van der Waals surface area contributed by atoms with Crippen LogP contribution in [0.2, 0.25) is 0 Å². The van der Waals surface area contributed by atoms with Crippen LogP contribution in [-0.2, 0) is 4.79 Å². The van der Waals surface area contributed by atoms with Gasteiger partial charge in [0.15, 0.2) is 0 Å². The van der Waals surface area contributed by atoms with Gasteiger partial charge >= 0.3 is 0 Å². The summed E-state index contributed by atoms with van der Waals surface area (Å²) in [5, 5.41) is 0. The molecule has 0 heterocycles. The lowest BCUT2D eigenvalue weighted by atomic mass is 10.1. The summed E-state index contributed by atoms with van der Waals surface area (Å²) in [5.74, 6) is -0.896. The van der Waals surface area contributed by atoms with Crippen molar-refractivity contribution in [2.75, 3.05) is 0 Å². The summed E-state index contributed by atoms with van der Waals surface area (Å²) in [5.41, 5.74) is 0.425. The number of amides is 1. The third-order valence-corrected chi connectivity index (χ3v) is 3.18. The van der Waals surface area contributed by atoms with Crippen molar-refractivity contribution in [3.63, 3.8) is 0 Å². The van der Waals surface area contributed by atoms with Crippen LogP contribution in [0.15, 0.2) is 28.7 Å². The maximum Gasteiger partial charge on any atom is 0.295 e. The van der Waals surface area contributed by atoms with Gasteiger partial charge in [-0.05, 0) is 52.0 Å². The van der Waals surface area contributed by atoms with Crippen LogP contribution in [0.4, 0.5) is 0 Å². The van der Waals surface area contributed by atoms with Crippen molar-refractivity contribution in [3.05, 3.63) is 34.3 Å². The second-order valence-corrected chi connectivity index (χ2v) is 5.65. The van der Waals surface area contributed by atoms with Gasteiger partial charge in [-0.3, -0.25) is 9.59 Å². The zero-order valence-electron chi connectivity index (χ0n) is 11.1. The first-order valence-corrected chi connectivity index (χ1v) is 6.76. The number of carbonyl (C=O) groups is 2. The van der Waals surface area contributed by atoms with Crippen LogP contribution in [0.5, 0.6) is 0 Å². The fraction of sp³-hybridized carbons (Fsp3) is 0.429. The zero-order chi connectivity index (χ0) is 13.9. The first-order chi connectivity index (χ1) is 8.34. The molecule has 0 unspecified atom stereocenters. The second-order valence-electron chi connectivity index (χ2n) is 4.74. The molecule has 0 aromatic heterocycles. The number of halogens is 1. The van der Waals surface area contributed by atoms with Crippen LogP contribution in [0.25, 0.3) is 0 Å². The maximum atomic E-state index is 12.2. The van der Waals surface area contributed by atoms with Crippen molar-refractivity contribution < 1.29 is 9.59 Å². The highest BCUT2D eigenvalue weighted by molar-refractivity contribution is 9.10. The molecule has 1 aromatic rings. The van der Waals surface area contributed by atoms with E-state index in [4.69, 9.17) is 0 Å². The predicted molar refractivity (Wildman–Crippen MR) is 75.6 cm³/mol. The van der Waals surface area contributed by atoms with E-state index in [0.29, 0.717) is 5.56 Å². The molecule has 4 heteroatoms. The molecule has 98 valence electrons. The summed E-state index contributed by atoms with van der Waals surface area (Å²) >= 11 is 3.30. The molecule has 0 atom stereocenters. The van der Waals surface area contributed by atoms with Gasteiger partial charge in [-0.25, -0.2) is 0 Å². The molecule has 0 aliphatic rings. The van der Waals surface area contributed by atoms with Gasteiger partial charge in [0.25, 0.3) is 5.91 Å². The van der Waals surface area contributed by atoms with E-state index in [9.17, 15) is 9.59 Å². The van der Waals surface area contributed by atoms with Crippen LogP contribution in [0, 0.1) is 0 Å². The monoisotopic (exact) mass is 311 g/mol.